The zero-order chi connectivity index (χ0) is 13.0. The van der Waals surface area contributed by atoms with Crippen LogP contribution in [0.4, 0.5) is 0 Å². The second kappa shape index (κ2) is 5.68. The summed E-state index contributed by atoms with van der Waals surface area (Å²) in [6.07, 6.45) is 0. The number of Topliss-reactive ketones (excluding diaryl/α,β-unsaturated/α-hetero) is 1. The van der Waals surface area contributed by atoms with Crippen molar-refractivity contribution in [1.82, 2.24) is 0 Å². The van der Waals surface area contributed by atoms with Gasteiger partial charge >= 0.3 is 0 Å². The van der Waals surface area contributed by atoms with Crippen LogP contribution in [0.15, 0.2) is 12.1 Å². The van der Waals surface area contributed by atoms with Crippen LogP contribution < -0.4 is 15.2 Å². The Morgan fingerprint density at radius 2 is 1.94 bits per heavy atom. The molecule has 0 fully saturated rings. The van der Waals surface area contributed by atoms with Gasteiger partial charge in [-0.05, 0) is 17.5 Å². The van der Waals surface area contributed by atoms with Crippen LogP contribution in [-0.4, -0.2) is 26.5 Å². The summed E-state index contributed by atoms with van der Waals surface area (Å²) in [4.78, 5) is 11.9. The molecular formula is C13H19NO3. The molecule has 0 saturated heterocycles. The minimum atomic E-state index is -0.135. The molecule has 1 rings (SSSR count). The zero-order valence-corrected chi connectivity index (χ0v) is 10.7. The van der Waals surface area contributed by atoms with Crippen molar-refractivity contribution in [2.24, 2.45) is 5.73 Å². The molecule has 0 aliphatic carbocycles. The number of carbonyl (C=O) groups excluding carboxylic acids is 1. The van der Waals surface area contributed by atoms with Gasteiger partial charge < -0.3 is 15.2 Å². The lowest BCUT2D eigenvalue weighted by molar-refractivity contribution is 0.0996. The van der Waals surface area contributed by atoms with E-state index in [1.54, 1.807) is 7.11 Å². The quantitative estimate of drug-likeness (QED) is 0.795. The molecule has 0 spiro atoms. The number of hydrogen-bond acceptors (Lipinski definition) is 4. The van der Waals surface area contributed by atoms with Gasteiger partial charge in [0, 0.05) is 0 Å². The molecule has 17 heavy (non-hydrogen) atoms. The fourth-order valence-corrected chi connectivity index (χ4v) is 1.81. The third-order valence-corrected chi connectivity index (χ3v) is 2.66. The molecule has 1 aromatic carbocycles. The standard InChI is InChI=1S/C13H19NO3/c1-8(2)9-5-6-11(16-3)13(17-4)12(9)10(15)7-14/h5-6,8H,7,14H2,1-4H3. The van der Waals surface area contributed by atoms with Crippen LogP contribution in [0.3, 0.4) is 0 Å². The van der Waals surface area contributed by atoms with E-state index in [9.17, 15) is 4.79 Å². The highest BCUT2D eigenvalue weighted by atomic mass is 16.5. The number of carbonyl (C=O) groups is 1. The van der Waals surface area contributed by atoms with Crippen molar-refractivity contribution >= 4 is 5.78 Å². The SMILES string of the molecule is COc1ccc(C(C)C)c(C(=O)CN)c1OC. The van der Waals surface area contributed by atoms with Gasteiger partial charge in [0.05, 0.1) is 26.3 Å². The van der Waals surface area contributed by atoms with Crippen molar-refractivity contribution < 1.29 is 14.3 Å². The Bertz CT molecular complexity index is 413. The summed E-state index contributed by atoms with van der Waals surface area (Å²) in [7, 11) is 3.07. The number of benzene rings is 1. The molecule has 1 aromatic rings. The largest absolute Gasteiger partial charge is 0.493 e. The molecule has 4 nitrogen and oxygen atoms in total. The second-order valence-corrected chi connectivity index (χ2v) is 4.05. The lowest BCUT2D eigenvalue weighted by Gasteiger charge is -2.17. The zero-order valence-electron chi connectivity index (χ0n) is 10.7. The van der Waals surface area contributed by atoms with Gasteiger partial charge in [0.2, 0.25) is 0 Å². The third kappa shape index (κ3) is 2.58. The molecular weight excluding hydrogens is 218 g/mol. The number of hydrogen-bond donors (Lipinski definition) is 1. The normalized spacial score (nSPS) is 10.5. The third-order valence-electron chi connectivity index (χ3n) is 2.66. The van der Waals surface area contributed by atoms with Crippen LogP contribution in [0.2, 0.25) is 0 Å². The average molecular weight is 237 g/mol. The minimum Gasteiger partial charge on any atom is -0.493 e. The fourth-order valence-electron chi connectivity index (χ4n) is 1.81. The number of methoxy groups -OCH3 is 2. The number of ketones is 1. The number of nitrogens with two attached hydrogens (primary N) is 1. The van der Waals surface area contributed by atoms with Crippen molar-refractivity contribution in [3.05, 3.63) is 23.3 Å². The maximum absolute atomic E-state index is 11.9. The van der Waals surface area contributed by atoms with E-state index in [1.165, 1.54) is 7.11 Å². The summed E-state index contributed by atoms with van der Waals surface area (Å²) < 4.78 is 10.5. The van der Waals surface area contributed by atoms with Gasteiger partial charge in [0.1, 0.15) is 0 Å². The predicted octanol–water partition coefficient (Wildman–Crippen LogP) is 1.97. The van der Waals surface area contributed by atoms with E-state index < -0.39 is 0 Å². The van der Waals surface area contributed by atoms with Gasteiger partial charge in [-0.15, -0.1) is 0 Å². The molecule has 0 radical (unpaired) electrons. The van der Waals surface area contributed by atoms with E-state index >= 15 is 0 Å². The van der Waals surface area contributed by atoms with E-state index in [2.05, 4.69) is 0 Å². The maximum Gasteiger partial charge on any atom is 0.180 e. The molecule has 0 atom stereocenters. The highest BCUT2D eigenvalue weighted by Crippen LogP contribution is 2.36. The average Bonchev–Trinajstić information content (AvgIpc) is 2.35. The molecule has 0 unspecified atom stereocenters. The summed E-state index contributed by atoms with van der Waals surface area (Å²) in [5.74, 6) is 1.10. The first-order valence-electron chi connectivity index (χ1n) is 5.54. The number of ether oxygens (including phenoxy) is 2. The van der Waals surface area contributed by atoms with E-state index in [0.717, 1.165) is 5.56 Å². The summed E-state index contributed by atoms with van der Waals surface area (Å²) in [5.41, 5.74) is 6.90. The first kappa shape index (κ1) is 13.5. The topological polar surface area (TPSA) is 61.5 Å². The predicted molar refractivity (Wildman–Crippen MR) is 67.0 cm³/mol. The Labute approximate surface area is 102 Å². The van der Waals surface area contributed by atoms with Crippen LogP contribution in [0.1, 0.15) is 35.7 Å². The molecule has 0 aromatic heterocycles. The van der Waals surface area contributed by atoms with Crippen molar-refractivity contribution in [3.63, 3.8) is 0 Å². The van der Waals surface area contributed by atoms with Crippen LogP contribution >= 0.6 is 0 Å². The highest BCUT2D eigenvalue weighted by molar-refractivity contribution is 6.02. The molecule has 0 aliphatic rings. The van der Waals surface area contributed by atoms with Crippen molar-refractivity contribution in [3.8, 4) is 11.5 Å². The summed E-state index contributed by atoms with van der Waals surface area (Å²) in [5, 5.41) is 0. The van der Waals surface area contributed by atoms with Gasteiger partial charge in [-0.2, -0.15) is 0 Å². The highest BCUT2D eigenvalue weighted by Gasteiger charge is 2.21. The van der Waals surface area contributed by atoms with Gasteiger partial charge in [0.25, 0.3) is 0 Å². The van der Waals surface area contributed by atoms with Gasteiger partial charge in [-0.1, -0.05) is 19.9 Å². The lowest BCUT2D eigenvalue weighted by Crippen LogP contribution is -2.17. The molecule has 0 saturated carbocycles. The fraction of sp³-hybridized carbons (Fsp3) is 0.462. The van der Waals surface area contributed by atoms with E-state index in [-0.39, 0.29) is 18.2 Å². The summed E-state index contributed by atoms with van der Waals surface area (Å²) >= 11 is 0. The van der Waals surface area contributed by atoms with E-state index in [0.29, 0.717) is 17.1 Å². The molecule has 0 aliphatic heterocycles. The molecule has 0 bridgehead atoms. The van der Waals surface area contributed by atoms with Crippen molar-refractivity contribution in [1.29, 1.82) is 0 Å². The Morgan fingerprint density at radius 3 is 2.35 bits per heavy atom. The van der Waals surface area contributed by atoms with Crippen LogP contribution in [0.25, 0.3) is 0 Å². The molecule has 2 N–H and O–H groups in total. The minimum absolute atomic E-state index is 0.0384. The van der Waals surface area contributed by atoms with Gasteiger partial charge in [-0.3, -0.25) is 4.79 Å². The van der Waals surface area contributed by atoms with Crippen molar-refractivity contribution in [2.75, 3.05) is 20.8 Å². The summed E-state index contributed by atoms with van der Waals surface area (Å²) in [6.45, 7) is 4.01. The molecule has 0 heterocycles. The molecule has 4 heteroatoms. The first-order valence-corrected chi connectivity index (χ1v) is 5.54. The van der Waals surface area contributed by atoms with Gasteiger partial charge in [-0.25, -0.2) is 0 Å². The summed E-state index contributed by atoms with van der Waals surface area (Å²) in [6, 6.07) is 3.69. The Hall–Kier alpha value is -1.55. The van der Waals surface area contributed by atoms with E-state index in [1.807, 2.05) is 26.0 Å². The maximum atomic E-state index is 11.9. The smallest absolute Gasteiger partial charge is 0.180 e. The van der Waals surface area contributed by atoms with Gasteiger partial charge in [0.15, 0.2) is 17.3 Å². The van der Waals surface area contributed by atoms with Crippen LogP contribution in [0.5, 0.6) is 11.5 Å². The monoisotopic (exact) mass is 237 g/mol. The number of rotatable bonds is 5. The Kier molecular flexibility index (Phi) is 4.52. The Balaban J connectivity index is 3.50. The van der Waals surface area contributed by atoms with Crippen LogP contribution in [0, 0.1) is 0 Å². The lowest BCUT2D eigenvalue weighted by atomic mass is 9.93. The van der Waals surface area contributed by atoms with Crippen molar-refractivity contribution in [2.45, 2.75) is 19.8 Å². The Morgan fingerprint density at radius 1 is 1.29 bits per heavy atom. The van der Waals surface area contributed by atoms with Crippen LogP contribution in [-0.2, 0) is 0 Å². The molecule has 0 amide bonds. The first-order chi connectivity index (χ1) is 8.06. The van der Waals surface area contributed by atoms with E-state index in [4.69, 9.17) is 15.2 Å². The second-order valence-electron chi connectivity index (χ2n) is 4.05. The molecule has 94 valence electrons.